The molecular formula is C17H16Cl3O3P. The number of hydrogen-bond acceptors (Lipinski definition) is 3. The predicted octanol–water partition coefficient (Wildman–Crippen LogP) is 6.98. The lowest BCUT2D eigenvalue weighted by molar-refractivity contribution is 0.215. The summed E-state index contributed by atoms with van der Waals surface area (Å²) in [4.78, 5) is 0. The minimum Gasteiger partial charge on any atom is -0.308 e. The first-order chi connectivity index (χ1) is 11.4. The number of hydrogen-bond donors (Lipinski definition) is 0. The highest BCUT2D eigenvalue weighted by molar-refractivity contribution is 7.54. The molecule has 2 aromatic carbocycles. The largest absolute Gasteiger partial charge is 0.342 e. The minimum atomic E-state index is -3.47. The van der Waals surface area contributed by atoms with E-state index in [-0.39, 0.29) is 13.2 Å². The van der Waals surface area contributed by atoms with E-state index >= 15 is 0 Å². The average Bonchev–Trinajstić information content (AvgIpc) is 2.81. The van der Waals surface area contributed by atoms with E-state index in [9.17, 15) is 4.57 Å². The molecule has 24 heavy (non-hydrogen) atoms. The van der Waals surface area contributed by atoms with Gasteiger partial charge in [-0.2, -0.15) is 0 Å². The Labute approximate surface area is 156 Å². The summed E-state index contributed by atoms with van der Waals surface area (Å²) in [6, 6.07) is 8.89. The van der Waals surface area contributed by atoms with Crippen LogP contribution >= 0.6 is 42.4 Å². The van der Waals surface area contributed by atoms with Gasteiger partial charge in [0.1, 0.15) is 5.66 Å². The highest BCUT2D eigenvalue weighted by Gasteiger charge is 2.45. The van der Waals surface area contributed by atoms with Crippen LogP contribution in [0, 0.1) is 0 Å². The second-order valence-corrected chi connectivity index (χ2v) is 8.75. The number of benzene rings is 2. The first-order valence-electron chi connectivity index (χ1n) is 7.58. The Hall–Kier alpha value is -0.540. The Kier molecular flexibility index (Phi) is 5.32. The predicted molar refractivity (Wildman–Crippen MR) is 99.6 cm³/mol. The summed E-state index contributed by atoms with van der Waals surface area (Å²) >= 11 is 18.8. The van der Waals surface area contributed by atoms with Crippen LogP contribution in [0.15, 0.2) is 30.3 Å². The van der Waals surface area contributed by atoms with Gasteiger partial charge in [-0.1, -0.05) is 40.9 Å². The summed E-state index contributed by atoms with van der Waals surface area (Å²) in [5, 5.41) is 1.53. The van der Waals surface area contributed by atoms with Crippen molar-refractivity contribution >= 4 is 42.4 Å². The van der Waals surface area contributed by atoms with Crippen molar-refractivity contribution in [2.75, 3.05) is 13.2 Å². The minimum absolute atomic E-state index is 0.271. The monoisotopic (exact) mass is 404 g/mol. The highest BCUT2D eigenvalue weighted by Crippen LogP contribution is 2.69. The van der Waals surface area contributed by atoms with Gasteiger partial charge in [0.15, 0.2) is 0 Å². The third kappa shape index (κ3) is 3.03. The van der Waals surface area contributed by atoms with Gasteiger partial charge >= 0.3 is 7.60 Å². The molecule has 0 aliphatic heterocycles. The lowest BCUT2D eigenvalue weighted by Crippen LogP contribution is -2.06. The molecule has 0 heterocycles. The Morgan fingerprint density at radius 3 is 2.21 bits per heavy atom. The molecule has 0 saturated heterocycles. The molecule has 3 nitrogen and oxygen atoms in total. The molecule has 1 atom stereocenters. The smallest absolute Gasteiger partial charge is 0.308 e. The zero-order valence-corrected chi connectivity index (χ0v) is 16.3. The topological polar surface area (TPSA) is 35.5 Å². The van der Waals surface area contributed by atoms with Crippen LogP contribution in [-0.2, 0) is 13.6 Å². The number of fused-ring (bicyclic) bond motifs is 3. The van der Waals surface area contributed by atoms with Gasteiger partial charge in [-0.25, -0.2) is 0 Å². The fourth-order valence-corrected chi connectivity index (χ4v) is 6.12. The quantitative estimate of drug-likeness (QED) is 0.503. The SMILES string of the molecule is CCOP(=O)(OCC)[C@@H]1c2cc(Cl)ccc2-c2c(Cl)cc(Cl)cc21. The molecule has 0 radical (unpaired) electrons. The van der Waals surface area contributed by atoms with Crippen molar-refractivity contribution in [2.24, 2.45) is 0 Å². The second-order valence-electron chi connectivity index (χ2n) is 5.36. The summed E-state index contributed by atoms with van der Waals surface area (Å²) in [5.41, 5.74) is 2.61. The van der Waals surface area contributed by atoms with Crippen LogP contribution in [0.2, 0.25) is 15.1 Å². The lowest BCUT2D eigenvalue weighted by Gasteiger charge is -2.25. The van der Waals surface area contributed by atoms with Gasteiger partial charge in [-0.05, 0) is 54.8 Å². The van der Waals surface area contributed by atoms with Crippen molar-refractivity contribution < 1.29 is 13.6 Å². The molecular weight excluding hydrogens is 390 g/mol. The van der Waals surface area contributed by atoms with Gasteiger partial charge in [0.05, 0.1) is 18.2 Å². The van der Waals surface area contributed by atoms with E-state index in [0.29, 0.717) is 15.1 Å². The molecule has 128 valence electrons. The normalized spacial score (nSPS) is 16.1. The van der Waals surface area contributed by atoms with Crippen LogP contribution in [-0.4, -0.2) is 13.2 Å². The zero-order chi connectivity index (χ0) is 17.5. The molecule has 0 bridgehead atoms. The van der Waals surface area contributed by atoms with Crippen molar-refractivity contribution in [2.45, 2.75) is 19.5 Å². The summed E-state index contributed by atoms with van der Waals surface area (Å²) < 4.78 is 24.7. The lowest BCUT2D eigenvalue weighted by atomic mass is 10.1. The van der Waals surface area contributed by atoms with Crippen LogP contribution in [0.4, 0.5) is 0 Å². The van der Waals surface area contributed by atoms with Crippen molar-refractivity contribution in [3.05, 3.63) is 56.5 Å². The summed E-state index contributed by atoms with van der Waals surface area (Å²) in [6.45, 7) is 4.11. The van der Waals surface area contributed by atoms with E-state index in [1.807, 2.05) is 6.07 Å². The van der Waals surface area contributed by atoms with Crippen LogP contribution in [0.25, 0.3) is 11.1 Å². The van der Waals surface area contributed by atoms with E-state index in [1.54, 1.807) is 38.1 Å². The zero-order valence-electron chi connectivity index (χ0n) is 13.2. The van der Waals surface area contributed by atoms with Crippen molar-refractivity contribution in [1.29, 1.82) is 0 Å². The fourth-order valence-electron chi connectivity index (χ4n) is 3.14. The van der Waals surface area contributed by atoms with Gasteiger partial charge in [-0.3, -0.25) is 4.57 Å². The molecule has 0 saturated carbocycles. The third-order valence-electron chi connectivity index (χ3n) is 3.89. The standard InChI is InChI=1S/C17H16Cl3O3P/c1-3-22-24(21,23-4-2)17-13-7-10(18)5-6-12(13)16-14(17)8-11(19)9-15(16)20/h5-9,17H,3-4H2,1-2H3/t17-/m1/s1. The molecule has 1 aliphatic carbocycles. The Morgan fingerprint density at radius 1 is 0.958 bits per heavy atom. The molecule has 7 heteroatoms. The summed E-state index contributed by atoms with van der Waals surface area (Å²) in [6.07, 6.45) is 0. The number of rotatable bonds is 5. The fraction of sp³-hybridized carbons (Fsp3) is 0.294. The van der Waals surface area contributed by atoms with Crippen LogP contribution in [0.5, 0.6) is 0 Å². The molecule has 0 fully saturated rings. The third-order valence-corrected chi connectivity index (χ3v) is 7.07. The van der Waals surface area contributed by atoms with E-state index in [2.05, 4.69) is 0 Å². The molecule has 0 spiro atoms. The first-order valence-corrected chi connectivity index (χ1v) is 10.3. The van der Waals surface area contributed by atoms with Crippen LogP contribution in [0.3, 0.4) is 0 Å². The van der Waals surface area contributed by atoms with Crippen LogP contribution < -0.4 is 0 Å². The van der Waals surface area contributed by atoms with Crippen LogP contribution in [0.1, 0.15) is 30.6 Å². The Bertz CT molecular complexity index is 828. The Morgan fingerprint density at radius 2 is 1.58 bits per heavy atom. The molecule has 3 rings (SSSR count). The molecule has 1 aliphatic rings. The number of halogens is 3. The Balaban J connectivity index is 2.31. The van der Waals surface area contributed by atoms with Gasteiger partial charge in [0.2, 0.25) is 0 Å². The second kappa shape index (κ2) is 6.99. The van der Waals surface area contributed by atoms with Crippen molar-refractivity contribution in [1.82, 2.24) is 0 Å². The maximum Gasteiger partial charge on any atom is 0.342 e. The highest BCUT2D eigenvalue weighted by atomic mass is 35.5. The maximum absolute atomic E-state index is 13.5. The van der Waals surface area contributed by atoms with E-state index in [1.165, 1.54) is 0 Å². The molecule has 0 unspecified atom stereocenters. The van der Waals surface area contributed by atoms with Gasteiger partial charge < -0.3 is 9.05 Å². The molecule has 0 amide bonds. The van der Waals surface area contributed by atoms with Crippen molar-refractivity contribution in [3.63, 3.8) is 0 Å². The average molecular weight is 406 g/mol. The van der Waals surface area contributed by atoms with E-state index < -0.39 is 13.3 Å². The molecule has 0 N–H and O–H groups in total. The van der Waals surface area contributed by atoms with E-state index in [0.717, 1.165) is 22.3 Å². The maximum atomic E-state index is 13.5. The molecule has 2 aromatic rings. The van der Waals surface area contributed by atoms with Crippen molar-refractivity contribution in [3.8, 4) is 11.1 Å². The summed E-state index contributed by atoms with van der Waals surface area (Å²) in [7, 11) is -3.47. The van der Waals surface area contributed by atoms with Gasteiger partial charge in [0, 0.05) is 15.6 Å². The van der Waals surface area contributed by atoms with Gasteiger partial charge in [-0.15, -0.1) is 0 Å². The molecule has 0 aromatic heterocycles. The van der Waals surface area contributed by atoms with Gasteiger partial charge in [0.25, 0.3) is 0 Å². The first kappa shape index (κ1) is 18.3. The van der Waals surface area contributed by atoms with E-state index in [4.69, 9.17) is 43.9 Å². The summed E-state index contributed by atoms with van der Waals surface area (Å²) in [5.74, 6) is 0.